The minimum Gasteiger partial charge on any atom is -0.358 e. The van der Waals surface area contributed by atoms with E-state index >= 15 is 0 Å². The van der Waals surface area contributed by atoms with Crippen molar-refractivity contribution >= 4 is 17.2 Å². The summed E-state index contributed by atoms with van der Waals surface area (Å²) in [7, 11) is 0. The quantitative estimate of drug-likeness (QED) is 0.631. The molecule has 1 N–H and O–H groups in total. The maximum absolute atomic E-state index is 10.7. The summed E-state index contributed by atoms with van der Waals surface area (Å²) in [4.78, 5) is 13.9. The van der Waals surface area contributed by atoms with Crippen molar-refractivity contribution in [3.05, 3.63) is 58.8 Å². The van der Waals surface area contributed by atoms with E-state index in [0.29, 0.717) is 5.69 Å². The first kappa shape index (κ1) is 10.1. The third-order valence-electron chi connectivity index (χ3n) is 2.01. The van der Waals surface area contributed by atoms with Crippen LogP contribution in [0.5, 0.6) is 0 Å². The third-order valence-corrected chi connectivity index (χ3v) is 2.01. The molecule has 0 amide bonds. The molecule has 5 nitrogen and oxygen atoms in total. The van der Waals surface area contributed by atoms with E-state index in [2.05, 4.69) is 10.3 Å². The van der Waals surface area contributed by atoms with Crippen LogP contribution in [0.3, 0.4) is 0 Å². The Morgan fingerprint density at radius 2 is 1.88 bits per heavy atom. The molecule has 0 aliphatic rings. The Bertz CT molecular complexity index is 500. The fourth-order valence-electron chi connectivity index (χ4n) is 1.32. The van der Waals surface area contributed by atoms with Gasteiger partial charge in [0.15, 0.2) is 0 Å². The van der Waals surface area contributed by atoms with Gasteiger partial charge >= 0.3 is 5.82 Å². The van der Waals surface area contributed by atoms with Crippen LogP contribution in [0.4, 0.5) is 17.2 Å². The van der Waals surface area contributed by atoms with Gasteiger partial charge in [0.1, 0.15) is 11.9 Å². The number of rotatable bonds is 3. The van der Waals surface area contributed by atoms with Crippen LogP contribution in [-0.2, 0) is 0 Å². The molecule has 0 unspecified atom stereocenters. The molecule has 0 aliphatic heterocycles. The Balaban J connectivity index is 2.31. The topological polar surface area (TPSA) is 68.1 Å². The largest absolute Gasteiger partial charge is 0.387 e. The molecule has 0 spiro atoms. The number of nitro groups is 1. The molecule has 0 saturated carbocycles. The van der Waals surface area contributed by atoms with E-state index in [1.807, 2.05) is 30.3 Å². The van der Waals surface area contributed by atoms with Crippen LogP contribution in [0.1, 0.15) is 0 Å². The molecular formula is C11H9N3O2. The lowest BCUT2D eigenvalue weighted by Crippen LogP contribution is -1.98. The molecular weight excluding hydrogens is 206 g/mol. The van der Waals surface area contributed by atoms with Crippen molar-refractivity contribution in [3.8, 4) is 0 Å². The highest BCUT2D eigenvalue weighted by molar-refractivity contribution is 5.66. The van der Waals surface area contributed by atoms with E-state index < -0.39 is 4.92 Å². The predicted molar refractivity (Wildman–Crippen MR) is 60.6 cm³/mol. The number of hydrogen-bond acceptors (Lipinski definition) is 4. The van der Waals surface area contributed by atoms with Gasteiger partial charge in [-0.15, -0.1) is 0 Å². The minimum absolute atomic E-state index is 0.175. The fourth-order valence-corrected chi connectivity index (χ4v) is 1.32. The second-order valence-corrected chi connectivity index (χ2v) is 3.12. The van der Waals surface area contributed by atoms with Crippen molar-refractivity contribution in [2.24, 2.45) is 0 Å². The fraction of sp³-hybridized carbons (Fsp3) is 0. The van der Waals surface area contributed by atoms with Crippen LogP contribution in [0.15, 0.2) is 48.7 Å². The van der Waals surface area contributed by atoms with Gasteiger partial charge in [-0.3, -0.25) is 0 Å². The Morgan fingerprint density at radius 3 is 2.56 bits per heavy atom. The predicted octanol–water partition coefficient (Wildman–Crippen LogP) is 2.73. The second kappa shape index (κ2) is 4.39. The zero-order valence-electron chi connectivity index (χ0n) is 8.33. The molecule has 16 heavy (non-hydrogen) atoms. The molecule has 80 valence electrons. The minimum atomic E-state index is -0.509. The number of aromatic nitrogens is 1. The van der Waals surface area contributed by atoms with Crippen molar-refractivity contribution in [2.45, 2.75) is 0 Å². The molecule has 5 heteroatoms. The number of benzene rings is 1. The molecule has 0 atom stereocenters. The van der Waals surface area contributed by atoms with Gasteiger partial charge in [-0.2, -0.15) is 0 Å². The molecule has 0 fully saturated rings. The Morgan fingerprint density at radius 1 is 1.12 bits per heavy atom. The van der Waals surface area contributed by atoms with Gasteiger partial charge in [0, 0.05) is 5.69 Å². The van der Waals surface area contributed by atoms with Gasteiger partial charge in [-0.05, 0) is 34.2 Å². The summed E-state index contributed by atoms with van der Waals surface area (Å²) in [5.41, 5.74) is 1.18. The standard InChI is InChI=1S/C11H9N3O2/c15-14(16)11-10(7-4-8-12-11)13-9-5-2-1-3-6-9/h1-8,13H. The SMILES string of the molecule is O=[N+]([O-])c1ncccc1Nc1ccccc1. The first-order valence-electron chi connectivity index (χ1n) is 4.69. The highest BCUT2D eigenvalue weighted by atomic mass is 16.6. The van der Waals surface area contributed by atoms with Crippen LogP contribution < -0.4 is 5.32 Å². The number of para-hydroxylation sites is 1. The summed E-state index contributed by atoms with van der Waals surface area (Å²) >= 11 is 0. The highest BCUT2D eigenvalue weighted by Crippen LogP contribution is 2.24. The Hall–Kier alpha value is -2.43. The van der Waals surface area contributed by atoms with Crippen LogP contribution >= 0.6 is 0 Å². The van der Waals surface area contributed by atoms with Crippen molar-refractivity contribution in [2.75, 3.05) is 5.32 Å². The normalized spacial score (nSPS) is 9.75. The second-order valence-electron chi connectivity index (χ2n) is 3.12. The molecule has 1 aromatic heterocycles. The maximum Gasteiger partial charge on any atom is 0.387 e. The molecule has 0 saturated heterocycles. The average molecular weight is 215 g/mol. The van der Waals surface area contributed by atoms with Crippen LogP contribution in [0, 0.1) is 10.1 Å². The average Bonchev–Trinajstić information content (AvgIpc) is 2.31. The van der Waals surface area contributed by atoms with Crippen molar-refractivity contribution in [1.29, 1.82) is 0 Å². The molecule has 0 aliphatic carbocycles. The summed E-state index contributed by atoms with van der Waals surface area (Å²) < 4.78 is 0. The Kier molecular flexibility index (Phi) is 2.77. The number of anilines is 2. The zero-order chi connectivity index (χ0) is 11.4. The van der Waals surface area contributed by atoms with Gasteiger partial charge in [0.25, 0.3) is 0 Å². The summed E-state index contributed by atoms with van der Waals surface area (Å²) in [5, 5.41) is 13.7. The van der Waals surface area contributed by atoms with Crippen LogP contribution in [-0.4, -0.2) is 9.91 Å². The van der Waals surface area contributed by atoms with Crippen molar-refractivity contribution in [1.82, 2.24) is 4.98 Å². The third kappa shape index (κ3) is 2.14. The lowest BCUT2D eigenvalue weighted by atomic mass is 10.3. The number of pyridine rings is 1. The zero-order valence-corrected chi connectivity index (χ0v) is 8.33. The lowest BCUT2D eigenvalue weighted by molar-refractivity contribution is -0.388. The smallest absolute Gasteiger partial charge is 0.358 e. The van der Waals surface area contributed by atoms with Crippen LogP contribution in [0.2, 0.25) is 0 Å². The van der Waals surface area contributed by atoms with Crippen LogP contribution in [0.25, 0.3) is 0 Å². The van der Waals surface area contributed by atoms with E-state index in [1.54, 1.807) is 12.1 Å². The summed E-state index contributed by atoms with van der Waals surface area (Å²) in [6, 6.07) is 12.5. The van der Waals surface area contributed by atoms with E-state index in [4.69, 9.17) is 0 Å². The van der Waals surface area contributed by atoms with E-state index in [9.17, 15) is 10.1 Å². The molecule has 2 aromatic rings. The van der Waals surface area contributed by atoms with Gasteiger partial charge < -0.3 is 15.4 Å². The lowest BCUT2D eigenvalue weighted by Gasteiger charge is -2.05. The summed E-state index contributed by atoms with van der Waals surface area (Å²) in [6.07, 6.45) is 1.40. The van der Waals surface area contributed by atoms with E-state index in [0.717, 1.165) is 5.69 Å². The number of nitrogens with zero attached hydrogens (tertiary/aromatic N) is 2. The number of hydrogen-bond donors (Lipinski definition) is 1. The molecule has 2 rings (SSSR count). The first-order chi connectivity index (χ1) is 7.77. The molecule has 0 bridgehead atoms. The molecule has 0 radical (unpaired) electrons. The van der Waals surface area contributed by atoms with Crippen molar-refractivity contribution in [3.63, 3.8) is 0 Å². The highest BCUT2D eigenvalue weighted by Gasteiger charge is 2.13. The van der Waals surface area contributed by atoms with Gasteiger partial charge in [-0.25, -0.2) is 0 Å². The maximum atomic E-state index is 10.7. The number of nitrogens with one attached hydrogen (secondary N) is 1. The molecule has 1 heterocycles. The summed E-state index contributed by atoms with van der Waals surface area (Å²) in [6.45, 7) is 0. The van der Waals surface area contributed by atoms with Crippen molar-refractivity contribution < 1.29 is 4.92 Å². The monoisotopic (exact) mass is 215 g/mol. The van der Waals surface area contributed by atoms with Gasteiger partial charge in [0.2, 0.25) is 0 Å². The van der Waals surface area contributed by atoms with Gasteiger partial charge in [-0.1, -0.05) is 18.2 Å². The van der Waals surface area contributed by atoms with E-state index in [-0.39, 0.29) is 5.82 Å². The van der Waals surface area contributed by atoms with E-state index in [1.165, 1.54) is 6.20 Å². The van der Waals surface area contributed by atoms with Gasteiger partial charge in [0.05, 0.1) is 0 Å². The summed E-state index contributed by atoms with van der Waals surface area (Å²) in [5.74, 6) is -0.175. The Labute approximate surface area is 91.9 Å². The molecule has 1 aromatic carbocycles. The first-order valence-corrected chi connectivity index (χ1v) is 4.69.